The van der Waals surface area contributed by atoms with Crippen LogP contribution in [0.15, 0.2) is 0 Å². The van der Waals surface area contributed by atoms with E-state index >= 15 is 0 Å². The Morgan fingerprint density at radius 2 is 2.29 bits per heavy atom. The van der Waals surface area contributed by atoms with Crippen molar-refractivity contribution < 1.29 is 9.59 Å². The first-order chi connectivity index (χ1) is 8.24. The second-order valence-corrected chi connectivity index (χ2v) is 4.79. The fourth-order valence-electron chi connectivity index (χ4n) is 2.68. The van der Waals surface area contributed by atoms with Gasteiger partial charge in [-0.05, 0) is 25.8 Å². The molecule has 2 rings (SSSR count). The minimum Gasteiger partial charge on any atom is -0.353 e. The molecule has 5 heteroatoms. The molecule has 0 aromatic heterocycles. The maximum atomic E-state index is 12.4. The smallest absolute Gasteiger partial charge is 0.242 e. The maximum Gasteiger partial charge on any atom is 0.242 e. The predicted octanol–water partition coefficient (Wildman–Crippen LogP) is -0.277. The highest BCUT2D eigenvalue weighted by atomic mass is 16.2. The quantitative estimate of drug-likeness (QED) is 0.697. The maximum absolute atomic E-state index is 12.4. The van der Waals surface area contributed by atoms with E-state index in [9.17, 15) is 9.59 Å². The van der Waals surface area contributed by atoms with E-state index in [1.165, 1.54) is 0 Å². The predicted molar refractivity (Wildman–Crippen MR) is 64.4 cm³/mol. The minimum atomic E-state index is -0.266. The second kappa shape index (κ2) is 5.49. The molecule has 0 aromatic carbocycles. The van der Waals surface area contributed by atoms with Crippen LogP contribution in [0.1, 0.15) is 26.2 Å². The van der Waals surface area contributed by atoms with Crippen molar-refractivity contribution in [2.75, 3.05) is 26.2 Å². The highest BCUT2D eigenvalue weighted by Crippen LogP contribution is 2.17. The van der Waals surface area contributed by atoms with Crippen LogP contribution < -0.4 is 10.6 Å². The Balaban J connectivity index is 2.03. The molecule has 2 amide bonds. The highest BCUT2D eigenvalue weighted by Gasteiger charge is 2.35. The summed E-state index contributed by atoms with van der Waals surface area (Å²) in [5.41, 5.74) is 0. The Hall–Kier alpha value is -1.10. The Morgan fingerprint density at radius 1 is 1.47 bits per heavy atom. The highest BCUT2D eigenvalue weighted by molar-refractivity contribution is 5.89. The number of nitrogens with zero attached hydrogens (tertiary/aromatic N) is 1. The van der Waals surface area contributed by atoms with Crippen molar-refractivity contribution in [2.45, 2.75) is 32.2 Å². The Kier molecular flexibility index (Phi) is 3.99. The van der Waals surface area contributed by atoms with Gasteiger partial charge in [-0.15, -0.1) is 0 Å². The summed E-state index contributed by atoms with van der Waals surface area (Å²) in [6, 6.07) is -0.266. The first-order valence-corrected chi connectivity index (χ1v) is 6.53. The number of hydrogen-bond acceptors (Lipinski definition) is 3. The van der Waals surface area contributed by atoms with Gasteiger partial charge in [0.25, 0.3) is 0 Å². The van der Waals surface area contributed by atoms with Crippen LogP contribution in [0.2, 0.25) is 0 Å². The van der Waals surface area contributed by atoms with Gasteiger partial charge < -0.3 is 15.5 Å². The largest absolute Gasteiger partial charge is 0.353 e. The molecule has 0 spiro atoms. The number of rotatable bonds is 2. The molecule has 2 aliphatic heterocycles. The van der Waals surface area contributed by atoms with Crippen LogP contribution in [0.25, 0.3) is 0 Å². The molecule has 2 aliphatic rings. The summed E-state index contributed by atoms with van der Waals surface area (Å²) in [5, 5.41) is 6.07. The third-order valence-corrected chi connectivity index (χ3v) is 3.65. The molecular formula is C12H21N3O2. The van der Waals surface area contributed by atoms with Crippen molar-refractivity contribution in [1.82, 2.24) is 15.5 Å². The summed E-state index contributed by atoms with van der Waals surface area (Å²) in [6.45, 7) is 4.95. The summed E-state index contributed by atoms with van der Waals surface area (Å²) >= 11 is 0. The molecule has 0 saturated carbocycles. The van der Waals surface area contributed by atoms with Gasteiger partial charge in [0.1, 0.15) is 6.04 Å². The molecule has 17 heavy (non-hydrogen) atoms. The Labute approximate surface area is 102 Å². The average Bonchev–Trinajstić information content (AvgIpc) is 2.38. The normalized spacial score (nSPS) is 29.9. The zero-order valence-corrected chi connectivity index (χ0v) is 10.4. The third-order valence-electron chi connectivity index (χ3n) is 3.65. The van der Waals surface area contributed by atoms with Crippen molar-refractivity contribution >= 4 is 11.8 Å². The van der Waals surface area contributed by atoms with E-state index in [2.05, 4.69) is 10.6 Å². The van der Waals surface area contributed by atoms with Gasteiger partial charge in [0.15, 0.2) is 0 Å². The van der Waals surface area contributed by atoms with Crippen LogP contribution in [-0.2, 0) is 9.59 Å². The van der Waals surface area contributed by atoms with E-state index in [0.29, 0.717) is 19.5 Å². The van der Waals surface area contributed by atoms with E-state index in [1.54, 1.807) is 4.90 Å². The molecule has 96 valence electrons. The molecule has 0 radical (unpaired) electrons. The lowest BCUT2D eigenvalue weighted by Crippen LogP contribution is -2.59. The molecule has 0 aliphatic carbocycles. The van der Waals surface area contributed by atoms with E-state index in [0.717, 1.165) is 25.9 Å². The van der Waals surface area contributed by atoms with Gasteiger partial charge in [0.05, 0.1) is 5.92 Å². The van der Waals surface area contributed by atoms with E-state index in [4.69, 9.17) is 0 Å². The van der Waals surface area contributed by atoms with Crippen LogP contribution >= 0.6 is 0 Å². The number of piperidine rings is 1. The zero-order chi connectivity index (χ0) is 12.3. The molecule has 0 aromatic rings. The number of amides is 2. The van der Waals surface area contributed by atoms with Crippen molar-refractivity contribution in [1.29, 1.82) is 0 Å². The zero-order valence-electron chi connectivity index (χ0n) is 10.4. The lowest BCUT2D eigenvalue weighted by Gasteiger charge is -2.37. The molecule has 0 bridgehead atoms. The van der Waals surface area contributed by atoms with Gasteiger partial charge >= 0.3 is 0 Å². The van der Waals surface area contributed by atoms with Crippen molar-refractivity contribution in [3.8, 4) is 0 Å². The second-order valence-electron chi connectivity index (χ2n) is 4.79. The number of carbonyl (C=O) groups is 2. The fourth-order valence-corrected chi connectivity index (χ4v) is 2.68. The summed E-state index contributed by atoms with van der Waals surface area (Å²) in [7, 11) is 0. The lowest BCUT2D eigenvalue weighted by molar-refractivity contribution is -0.146. The number of nitrogens with one attached hydrogen (secondary N) is 2. The first kappa shape index (κ1) is 12.4. The molecule has 2 atom stereocenters. The van der Waals surface area contributed by atoms with Crippen LogP contribution in [-0.4, -0.2) is 48.9 Å². The van der Waals surface area contributed by atoms with Crippen LogP contribution in [0.3, 0.4) is 0 Å². The molecule has 2 saturated heterocycles. The SMILES string of the molecule is CCC1C(=O)NCCN1C(=O)C1CCCNC1. The summed E-state index contributed by atoms with van der Waals surface area (Å²) in [4.78, 5) is 25.9. The van der Waals surface area contributed by atoms with Crippen LogP contribution in [0.4, 0.5) is 0 Å². The molecule has 2 fully saturated rings. The number of hydrogen-bond donors (Lipinski definition) is 2. The molecule has 2 unspecified atom stereocenters. The van der Waals surface area contributed by atoms with Crippen molar-refractivity contribution in [3.05, 3.63) is 0 Å². The lowest BCUT2D eigenvalue weighted by atomic mass is 9.96. The van der Waals surface area contributed by atoms with E-state index in [-0.39, 0.29) is 23.8 Å². The first-order valence-electron chi connectivity index (χ1n) is 6.53. The van der Waals surface area contributed by atoms with Gasteiger partial charge in [-0.2, -0.15) is 0 Å². The Bertz CT molecular complexity index is 300. The molecule has 5 nitrogen and oxygen atoms in total. The summed E-state index contributed by atoms with van der Waals surface area (Å²) in [5.74, 6) is 0.207. The molecular weight excluding hydrogens is 218 g/mol. The monoisotopic (exact) mass is 239 g/mol. The topological polar surface area (TPSA) is 61.4 Å². The van der Waals surface area contributed by atoms with Crippen LogP contribution in [0, 0.1) is 5.92 Å². The Morgan fingerprint density at radius 3 is 2.94 bits per heavy atom. The fraction of sp³-hybridized carbons (Fsp3) is 0.833. The van der Waals surface area contributed by atoms with Gasteiger partial charge in [-0.25, -0.2) is 0 Å². The van der Waals surface area contributed by atoms with E-state index in [1.807, 2.05) is 6.92 Å². The number of carbonyl (C=O) groups excluding carboxylic acids is 2. The third kappa shape index (κ3) is 2.60. The van der Waals surface area contributed by atoms with Crippen molar-refractivity contribution in [2.24, 2.45) is 5.92 Å². The van der Waals surface area contributed by atoms with Crippen LogP contribution in [0.5, 0.6) is 0 Å². The number of piperazine rings is 1. The standard InChI is InChI=1S/C12H21N3O2/c1-2-10-11(16)14-6-7-15(10)12(17)9-4-3-5-13-8-9/h9-10,13H,2-8H2,1H3,(H,14,16). The minimum absolute atomic E-state index is 0.00383. The van der Waals surface area contributed by atoms with Gasteiger partial charge in [0, 0.05) is 19.6 Å². The molecule has 2 N–H and O–H groups in total. The summed E-state index contributed by atoms with van der Waals surface area (Å²) < 4.78 is 0. The average molecular weight is 239 g/mol. The molecule has 2 heterocycles. The summed E-state index contributed by atoms with van der Waals surface area (Å²) in [6.07, 6.45) is 2.69. The van der Waals surface area contributed by atoms with Gasteiger partial charge in [-0.1, -0.05) is 6.92 Å². The van der Waals surface area contributed by atoms with E-state index < -0.39 is 0 Å². The van der Waals surface area contributed by atoms with Gasteiger partial charge in [-0.3, -0.25) is 9.59 Å². The van der Waals surface area contributed by atoms with Crippen molar-refractivity contribution in [3.63, 3.8) is 0 Å². The van der Waals surface area contributed by atoms with Gasteiger partial charge in [0.2, 0.25) is 11.8 Å².